The molecule has 4 atom stereocenters. The topological polar surface area (TPSA) is 75.6 Å². The van der Waals surface area contributed by atoms with E-state index in [-0.39, 0.29) is 11.8 Å². The van der Waals surface area contributed by atoms with Gasteiger partial charge in [-0.25, -0.2) is 0 Å². The summed E-state index contributed by atoms with van der Waals surface area (Å²) >= 11 is 0. The molecule has 2 rings (SSSR count). The summed E-state index contributed by atoms with van der Waals surface area (Å²) in [6.07, 6.45) is 3.27. The lowest BCUT2D eigenvalue weighted by Gasteiger charge is -2.17. The molecule has 1 heterocycles. The third kappa shape index (κ3) is 3.47. The summed E-state index contributed by atoms with van der Waals surface area (Å²) in [4.78, 5) is 23.4. The minimum atomic E-state index is -0.833. The first-order chi connectivity index (χ1) is 9.11. The summed E-state index contributed by atoms with van der Waals surface area (Å²) in [5.41, 5.74) is 0. The van der Waals surface area contributed by atoms with Gasteiger partial charge in [-0.1, -0.05) is 13.3 Å². The Hall–Kier alpha value is -1.10. The van der Waals surface area contributed by atoms with E-state index in [0.29, 0.717) is 37.8 Å². The predicted octanol–water partition coefficient (Wildman–Crippen LogP) is 1.28. The van der Waals surface area contributed by atoms with E-state index in [1.54, 1.807) is 0 Å². The molecular formula is C14H23NO4. The van der Waals surface area contributed by atoms with Crippen LogP contribution in [0, 0.1) is 23.7 Å². The Labute approximate surface area is 113 Å². The van der Waals surface area contributed by atoms with Crippen molar-refractivity contribution in [3.63, 3.8) is 0 Å². The Kier molecular flexibility index (Phi) is 4.80. The van der Waals surface area contributed by atoms with Crippen LogP contribution in [0.25, 0.3) is 0 Å². The standard InChI is InChI=1S/C14H23NO4/c1-2-9-5-11(12(6-9)14(17)18)13(16)15-7-10-3-4-19-8-10/h9-12H,2-8H2,1H3,(H,15,16)(H,17,18). The molecule has 1 amide bonds. The molecule has 2 fully saturated rings. The fourth-order valence-electron chi connectivity index (χ4n) is 3.16. The van der Waals surface area contributed by atoms with Gasteiger partial charge in [-0.2, -0.15) is 0 Å². The number of amides is 1. The van der Waals surface area contributed by atoms with Gasteiger partial charge in [0.1, 0.15) is 0 Å². The number of ether oxygens (including phenoxy) is 1. The zero-order valence-electron chi connectivity index (χ0n) is 11.4. The Bertz CT molecular complexity index is 338. The molecule has 0 spiro atoms. The Morgan fingerprint density at radius 3 is 2.58 bits per heavy atom. The fraction of sp³-hybridized carbons (Fsp3) is 0.857. The van der Waals surface area contributed by atoms with Gasteiger partial charge in [0.2, 0.25) is 5.91 Å². The van der Waals surface area contributed by atoms with Crippen LogP contribution in [0.15, 0.2) is 0 Å². The minimum Gasteiger partial charge on any atom is -0.481 e. The van der Waals surface area contributed by atoms with Crippen LogP contribution in [-0.2, 0) is 14.3 Å². The van der Waals surface area contributed by atoms with E-state index in [1.807, 2.05) is 0 Å². The molecule has 19 heavy (non-hydrogen) atoms. The first-order valence-corrected chi connectivity index (χ1v) is 7.20. The fourth-order valence-corrected chi connectivity index (χ4v) is 3.16. The van der Waals surface area contributed by atoms with E-state index in [0.717, 1.165) is 19.4 Å². The highest BCUT2D eigenvalue weighted by Gasteiger charge is 2.42. The van der Waals surface area contributed by atoms with Crippen LogP contribution in [0.2, 0.25) is 0 Å². The third-order valence-electron chi connectivity index (χ3n) is 4.48. The van der Waals surface area contributed by atoms with E-state index < -0.39 is 11.9 Å². The van der Waals surface area contributed by atoms with Crippen LogP contribution < -0.4 is 5.32 Å². The van der Waals surface area contributed by atoms with Gasteiger partial charge in [0.05, 0.1) is 18.4 Å². The average Bonchev–Trinajstić information content (AvgIpc) is 3.04. The van der Waals surface area contributed by atoms with Crippen molar-refractivity contribution >= 4 is 11.9 Å². The van der Waals surface area contributed by atoms with E-state index in [9.17, 15) is 14.7 Å². The van der Waals surface area contributed by atoms with Gasteiger partial charge in [-0.15, -0.1) is 0 Å². The molecule has 0 aromatic heterocycles. The molecule has 2 aliphatic rings. The smallest absolute Gasteiger partial charge is 0.307 e. The monoisotopic (exact) mass is 269 g/mol. The average molecular weight is 269 g/mol. The van der Waals surface area contributed by atoms with Crippen molar-refractivity contribution in [3.05, 3.63) is 0 Å². The van der Waals surface area contributed by atoms with Crippen LogP contribution in [0.1, 0.15) is 32.6 Å². The van der Waals surface area contributed by atoms with Crippen molar-refractivity contribution in [2.45, 2.75) is 32.6 Å². The maximum absolute atomic E-state index is 12.2. The molecule has 2 N–H and O–H groups in total. The summed E-state index contributed by atoms with van der Waals surface area (Å²) < 4.78 is 5.26. The molecule has 0 aromatic rings. The number of carbonyl (C=O) groups excluding carboxylic acids is 1. The van der Waals surface area contributed by atoms with Crippen molar-refractivity contribution in [2.24, 2.45) is 23.7 Å². The van der Waals surface area contributed by atoms with E-state index in [4.69, 9.17) is 4.74 Å². The number of carboxylic acids is 1. The lowest BCUT2D eigenvalue weighted by atomic mass is 9.95. The molecule has 0 bridgehead atoms. The highest BCUT2D eigenvalue weighted by atomic mass is 16.5. The van der Waals surface area contributed by atoms with Gasteiger partial charge >= 0.3 is 5.97 Å². The first-order valence-electron chi connectivity index (χ1n) is 7.20. The predicted molar refractivity (Wildman–Crippen MR) is 69.6 cm³/mol. The van der Waals surface area contributed by atoms with Gasteiger partial charge in [-0.3, -0.25) is 9.59 Å². The SMILES string of the molecule is CCC1CC(C(=O)O)C(C(=O)NCC2CCOC2)C1. The molecule has 1 saturated heterocycles. The molecule has 0 aromatic carbocycles. The zero-order valence-corrected chi connectivity index (χ0v) is 11.4. The second-order valence-corrected chi connectivity index (χ2v) is 5.77. The number of nitrogens with one attached hydrogen (secondary N) is 1. The minimum absolute atomic E-state index is 0.0877. The number of carbonyl (C=O) groups is 2. The first kappa shape index (κ1) is 14.3. The van der Waals surface area contributed by atoms with Crippen LogP contribution in [-0.4, -0.2) is 36.7 Å². The summed E-state index contributed by atoms with van der Waals surface area (Å²) in [5.74, 6) is -1.03. The van der Waals surface area contributed by atoms with Crippen molar-refractivity contribution in [1.82, 2.24) is 5.32 Å². The zero-order chi connectivity index (χ0) is 13.8. The number of hydrogen-bond donors (Lipinski definition) is 2. The van der Waals surface area contributed by atoms with Crippen molar-refractivity contribution in [2.75, 3.05) is 19.8 Å². The molecule has 5 nitrogen and oxygen atoms in total. The molecule has 1 aliphatic carbocycles. The highest BCUT2D eigenvalue weighted by Crippen LogP contribution is 2.38. The molecule has 0 radical (unpaired) electrons. The lowest BCUT2D eigenvalue weighted by Crippen LogP contribution is -2.37. The van der Waals surface area contributed by atoms with E-state index in [2.05, 4.69) is 12.2 Å². The Balaban J connectivity index is 1.87. The number of hydrogen-bond acceptors (Lipinski definition) is 3. The Morgan fingerprint density at radius 1 is 1.26 bits per heavy atom. The van der Waals surface area contributed by atoms with Gasteiger partial charge in [-0.05, 0) is 25.2 Å². The van der Waals surface area contributed by atoms with Crippen molar-refractivity contribution in [1.29, 1.82) is 0 Å². The normalized spacial score (nSPS) is 34.4. The number of rotatable bonds is 5. The summed E-state index contributed by atoms with van der Waals surface area (Å²) in [7, 11) is 0. The quantitative estimate of drug-likeness (QED) is 0.788. The van der Waals surface area contributed by atoms with Gasteiger partial charge in [0.25, 0.3) is 0 Å². The van der Waals surface area contributed by atoms with Gasteiger partial charge in [0.15, 0.2) is 0 Å². The molecule has 1 saturated carbocycles. The summed E-state index contributed by atoms with van der Waals surface area (Å²) in [6.45, 7) is 4.13. The van der Waals surface area contributed by atoms with Gasteiger partial charge < -0.3 is 15.2 Å². The van der Waals surface area contributed by atoms with E-state index >= 15 is 0 Å². The molecule has 5 heteroatoms. The van der Waals surface area contributed by atoms with Crippen LogP contribution in [0.3, 0.4) is 0 Å². The maximum atomic E-state index is 12.2. The molecular weight excluding hydrogens is 246 g/mol. The highest BCUT2D eigenvalue weighted by molar-refractivity contribution is 5.85. The Morgan fingerprint density at radius 2 is 2.00 bits per heavy atom. The second kappa shape index (κ2) is 6.37. The number of carboxylic acid groups (broad SMARTS) is 1. The summed E-state index contributed by atoms with van der Waals surface area (Å²) in [6, 6.07) is 0. The van der Waals surface area contributed by atoms with Gasteiger partial charge in [0, 0.05) is 19.1 Å². The number of aliphatic carboxylic acids is 1. The van der Waals surface area contributed by atoms with Crippen molar-refractivity contribution < 1.29 is 19.4 Å². The second-order valence-electron chi connectivity index (χ2n) is 5.77. The summed E-state index contributed by atoms with van der Waals surface area (Å²) in [5, 5.41) is 12.1. The van der Waals surface area contributed by atoms with Crippen LogP contribution >= 0.6 is 0 Å². The van der Waals surface area contributed by atoms with Crippen LogP contribution in [0.4, 0.5) is 0 Å². The largest absolute Gasteiger partial charge is 0.481 e. The third-order valence-corrected chi connectivity index (χ3v) is 4.48. The maximum Gasteiger partial charge on any atom is 0.307 e. The molecule has 108 valence electrons. The molecule has 1 aliphatic heterocycles. The van der Waals surface area contributed by atoms with Crippen molar-refractivity contribution in [3.8, 4) is 0 Å². The van der Waals surface area contributed by atoms with E-state index in [1.165, 1.54) is 0 Å². The lowest BCUT2D eigenvalue weighted by molar-refractivity contribution is -0.146. The molecule has 4 unspecified atom stereocenters. The van der Waals surface area contributed by atoms with Crippen LogP contribution in [0.5, 0.6) is 0 Å².